The summed E-state index contributed by atoms with van der Waals surface area (Å²) in [6.45, 7) is 0.473. The Balaban J connectivity index is 2.19. The molecule has 1 atom stereocenters. The summed E-state index contributed by atoms with van der Waals surface area (Å²) in [4.78, 5) is 1.11. The predicted octanol–water partition coefficient (Wildman–Crippen LogP) is 4.38. The van der Waals surface area contributed by atoms with Crippen molar-refractivity contribution in [3.63, 3.8) is 0 Å². The fourth-order valence-electron chi connectivity index (χ4n) is 1.66. The molecule has 2 aromatic carbocycles. The summed E-state index contributed by atoms with van der Waals surface area (Å²) >= 11 is 5.08. The van der Waals surface area contributed by atoms with Crippen molar-refractivity contribution in [1.82, 2.24) is 0 Å². The van der Waals surface area contributed by atoms with E-state index in [9.17, 15) is 4.39 Å². The second kappa shape index (κ2) is 6.36. The zero-order valence-corrected chi connectivity index (χ0v) is 12.0. The Morgan fingerprint density at radius 2 is 1.94 bits per heavy atom. The Labute approximate surface area is 119 Å². The highest BCUT2D eigenvalue weighted by molar-refractivity contribution is 9.10. The molecule has 0 aromatic heterocycles. The molecule has 1 unspecified atom stereocenters. The van der Waals surface area contributed by atoms with E-state index in [1.807, 2.05) is 30.3 Å². The zero-order valence-electron chi connectivity index (χ0n) is 9.64. The van der Waals surface area contributed by atoms with Gasteiger partial charge in [-0.2, -0.15) is 0 Å². The largest absolute Gasteiger partial charge is 0.329 e. The van der Waals surface area contributed by atoms with Gasteiger partial charge in [-0.1, -0.05) is 34.1 Å². The van der Waals surface area contributed by atoms with Crippen LogP contribution in [0.25, 0.3) is 0 Å². The fourth-order valence-corrected chi connectivity index (χ4v) is 3.27. The molecule has 0 heterocycles. The summed E-state index contributed by atoms with van der Waals surface area (Å²) in [6.07, 6.45) is 0. The average molecular weight is 326 g/mol. The molecule has 0 spiro atoms. The van der Waals surface area contributed by atoms with E-state index in [1.165, 1.54) is 6.07 Å². The molecule has 0 radical (unpaired) electrons. The molecule has 0 saturated heterocycles. The van der Waals surface area contributed by atoms with Gasteiger partial charge in [0.2, 0.25) is 0 Å². The van der Waals surface area contributed by atoms with Crippen molar-refractivity contribution in [3.05, 3.63) is 64.4 Å². The third-order valence-electron chi connectivity index (χ3n) is 2.51. The van der Waals surface area contributed by atoms with Crippen molar-refractivity contribution >= 4 is 27.7 Å². The number of benzene rings is 2. The van der Waals surface area contributed by atoms with Gasteiger partial charge in [0.25, 0.3) is 0 Å². The predicted molar refractivity (Wildman–Crippen MR) is 78.2 cm³/mol. The van der Waals surface area contributed by atoms with Crippen LogP contribution in [0.2, 0.25) is 0 Å². The van der Waals surface area contributed by atoms with E-state index >= 15 is 0 Å². The lowest BCUT2D eigenvalue weighted by molar-refractivity contribution is 0.625. The molecular formula is C14H13BrFNS. The van der Waals surface area contributed by atoms with Crippen molar-refractivity contribution in [2.24, 2.45) is 5.73 Å². The van der Waals surface area contributed by atoms with Crippen LogP contribution in [-0.2, 0) is 0 Å². The number of halogens is 2. The maximum atomic E-state index is 13.2. The Morgan fingerprint density at radius 1 is 1.17 bits per heavy atom. The molecule has 0 fully saturated rings. The first kappa shape index (κ1) is 13.6. The van der Waals surface area contributed by atoms with E-state index in [0.29, 0.717) is 6.54 Å². The van der Waals surface area contributed by atoms with Gasteiger partial charge in [-0.3, -0.25) is 0 Å². The Morgan fingerprint density at radius 3 is 2.61 bits per heavy atom. The van der Waals surface area contributed by atoms with Gasteiger partial charge in [-0.05, 0) is 35.9 Å². The molecule has 2 rings (SSSR count). The zero-order chi connectivity index (χ0) is 13.0. The van der Waals surface area contributed by atoms with Crippen molar-refractivity contribution in [3.8, 4) is 0 Å². The molecule has 94 valence electrons. The van der Waals surface area contributed by atoms with Gasteiger partial charge >= 0.3 is 0 Å². The molecule has 2 aromatic rings. The molecule has 0 saturated carbocycles. The molecule has 1 nitrogen and oxygen atoms in total. The fraction of sp³-hybridized carbons (Fsp3) is 0.143. The van der Waals surface area contributed by atoms with E-state index in [2.05, 4.69) is 15.9 Å². The van der Waals surface area contributed by atoms with Crippen LogP contribution >= 0.6 is 27.7 Å². The maximum absolute atomic E-state index is 13.2. The summed E-state index contributed by atoms with van der Waals surface area (Å²) in [5.41, 5.74) is 6.70. The first-order chi connectivity index (χ1) is 8.69. The van der Waals surface area contributed by atoms with Crippen LogP contribution in [0.1, 0.15) is 10.8 Å². The van der Waals surface area contributed by atoms with Crippen LogP contribution in [0.15, 0.2) is 57.9 Å². The topological polar surface area (TPSA) is 26.0 Å². The average Bonchev–Trinajstić information content (AvgIpc) is 2.36. The van der Waals surface area contributed by atoms with Gasteiger partial charge in [0.05, 0.1) is 0 Å². The minimum absolute atomic E-state index is 0.0648. The summed E-state index contributed by atoms with van der Waals surface area (Å²) in [7, 11) is 0. The number of hydrogen-bond donors (Lipinski definition) is 1. The number of nitrogens with two attached hydrogens (primary N) is 1. The quantitative estimate of drug-likeness (QED) is 0.844. The third kappa shape index (κ3) is 3.57. The summed E-state index contributed by atoms with van der Waals surface area (Å²) in [5.74, 6) is -0.221. The molecule has 0 aliphatic carbocycles. The summed E-state index contributed by atoms with van der Waals surface area (Å²) in [5, 5.41) is 0.0648. The van der Waals surface area contributed by atoms with E-state index in [4.69, 9.17) is 5.73 Å². The second-order valence-electron chi connectivity index (χ2n) is 3.85. The lowest BCUT2D eigenvalue weighted by atomic mass is 10.1. The monoisotopic (exact) mass is 325 g/mol. The first-order valence-corrected chi connectivity index (χ1v) is 7.24. The van der Waals surface area contributed by atoms with Crippen LogP contribution < -0.4 is 5.73 Å². The lowest BCUT2D eigenvalue weighted by Gasteiger charge is -2.15. The number of hydrogen-bond acceptors (Lipinski definition) is 2. The van der Waals surface area contributed by atoms with Gasteiger partial charge in [-0.15, -0.1) is 11.8 Å². The van der Waals surface area contributed by atoms with Crippen LogP contribution in [-0.4, -0.2) is 6.54 Å². The highest BCUT2D eigenvalue weighted by Gasteiger charge is 2.12. The van der Waals surface area contributed by atoms with Gasteiger partial charge < -0.3 is 5.73 Å². The Bertz CT molecular complexity index is 533. The van der Waals surface area contributed by atoms with Crippen molar-refractivity contribution in [1.29, 1.82) is 0 Å². The Hall–Kier alpha value is -0.840. The molecule has 0 aliphatic heterocycles. The maximum Gasteiger partial charge on any atom is 0.123 e. The highest BCUT2D eigenvalue weighted by atomic mass is 79.9. The molecule has 0 amide bonds. The minimum Gasteiger partial charge on any atom is -0.329 e. The highest BCUT2D eigenvalue weighted by Crippen LogP contribution is 2.35. The molecule has 4 heteroatoms. The van der Waals surface area contributed by atoms with Gasteiger partial charge in [-0.25, -0.2) is 4.39 Å². The van der Waals surface area contributed by atoms with Crippen LogP contribution in [0.5, 0.6) is 0 Å². The van der Waals surface area contributed by atoms with E-state index in [0.717, 1.165) is 14.9 Å². The standard InChI is InChI=1S/C14H13BrFNS/c15-11-4-2-6-13(8-11)18-14(9-17)10-3-1-5-12(16)7-10/h1-8,14H,9,17H2. The summed E-state index contributed by atoms with van der Waals surface area (Å²) < 4.78 is 14.2. The van der Waals surface area contributed by atoms with Gasteiger partial charge in [0, 0.05) is 21.2 Å². The third-order valence-corrected chi connectivity index (χ3v) is 4.28. The SMILES string of the molecule is NCC(Sc1cccc(Br)c1)c1cccc(F)c1. The summed E-state index contributed by atoms with van der Waals surface area (Å²) in [6, 6.07) is 14.6. The van der Waals surface area contributed by atoms with Crippen LogP contribution in [0.3, 0.4) is 0 Å². The van der Waals surface area contributed by atoms with Gasteiger partial charge in [0.1, 0.15) is 5.82 Å². The number of thioether (sulfide) groups is 1. The van der Waals surface area contributed by atoms with Crippen molar-refractivity contribution in [2.45, 2.75) is 10.1 Å². The molecule has 2 N–H and O–H groups in total. The lowest BCUT2D eigenvalue weighted by Crippen LogP contribution is -2.09. The molecule has 0 aliphatic rings. The molecule has 0 bridgehead atoms. The van der Waals surface area contributed by atoms with E-state index in [-0.39, 0.29) is 11.1 Å². The second-order valence-corrected chi connectivity index (χ2v) is 6.05. The normalized spacial score (nSPS) is 12.4. The minimum atomic E-state index is -0.221. The van der Waals surface area contributed by atoms with E-state index in [1.54, 1.807) is 23.9 Å². The van der Waals surface area contributed by atoms with Gasteiger partial charge in [0.15, 0.2) is 0 Å². The smallest absolute Gasteiger partial charge is 0.123 e. The van der Waals surface area contributed by atoms with Crippen molar-refractivity contribution < 1.29 is 4.39 Å². The number of rotatable bonds is 4. The van der Waals surface area contributed by atoms with Crippen molar-refractivity contribution in [2.75, 3.05) is 6.54 Å². The molecule has 18 heavy (non-hydrogen) atoms. The molecular weight excluding hydrogens is 313 g/mol. The van der Waals surface area contributed by atoms with E-state index < -0.39 is 0 Å². The Kier molecular flexibility index (Phi) is 4.80. The van der Waals surface area contributed by atoms with Crippen LogP contribution in [0, 0.1) is 5.82 Å². The van der Waals surface area contributed by atoms with Crippen LogP contribution in [0.4, 0.5) is 4.39 Å². The first-order valence-electron chi connectivity index (χ1n) is 5.57.